The molecule has 6 heteroatoms. The van der Waals surface area contributed by atoms with E-state index in [0.29, 0.717) is 29.6 Å². The third-order valence-electron chi connectivity index (χ3n) is 4.42. The summed E-state index contributed by atoms with van der Waals surface area (Å²) < 4.78 is 10.6. The molecule has 2 aromatic rings. The zero-order valence-corrected chi connectivity index (χ0v) is 17.0. The maximum absolute atomic E-state index is 12.5. The van der Waals surface area contributed by atoms with Gasteiger partial charge in [-0.05, 0) is 42.8 Å². The van der Waals surface area contributed by atoms with E-state index in [-0.39, 0.29) is 11.9 Å². The Morgan fingerprint density at radius 3 is 2.48 bits per heavy atom. The molecule has 0 bridgehead atoms. The first kappa shape index (κ1) is 21.1. The van der Waals surface area contributed by atoms with E-state index >= 15 is 0 Å². The topological polar surface area (TPSA) is 50.8 Å². The van der Waals surface area contributed by atoms with Gasteiger partial charge in [0, 0.05) is 11.6 Å². The van der Waals surface area contributed by atoms with E-state index in [1.165, 1.54) is 0 Å². The summed E-state index contributed by atoms with van der Waals surface area (Å²) >= 11 is 6.21. The Labute approximate surface area is 166 Å². The number of benzene rings is 2. The molecule has 1 N–H and O–H groups in total. The Hall–Kier alpha value is -2.24. The number of nitrogens with one attached hydrogen (secondary N) is 1. The fraction of sp³-hybridized carbons (Fsp3) is 0.381. The average molecular weight is 391 g/mol. The molecule has 0 radical (unpaired) electrons. The number of carbonyl (C=O) groups excluding carboxylic acids is 1. The Kier molecular flexibility index (Phi) is 7.95. The second-order valence-corrected chi connectivity index (χ2v) is 6.71. The number of nitrogens with zero attached hydrogens (tertiary/aromatic N) is 1. The van der Waals surface area contributed by atoms with Gasteiger partial charge < -0.3 is 14.8 Å². The van der Waals surface area contributed by atoms with Crippen molar-refractivity contribution in [3.63, 3.8) is 0 Å². The maximum atomic E-state index is 12.5. The molecule has 0 aromatic heterocycles. The number of hydrogen-bond acceptors (Lipinski definition) is 4. The van der Waals surface area contributed by atoms with Crippen LogP contribution in [-0.2, 0) is 11.3 Å². The largest absolute Gasteiger partial charge is 0.493 e. The molecule has 0 aliphatic rings. The van der Waals surface area contributed by atoms with Crippen molar-refractivity contribution in [1.29, 1.82) is 0 Å². The molecule has 27 heavy (non-hydrogen) atoms. The van der Waals surface area contributed by atoms with E-state index in [4.69, 9.17) is 21.1 Å². The van der Waals surface area contributed by atoms with Gasteiger partial charge in [-0.1, -0.05) is 42.8 Å². The second-order valence-electron chi connectivity index (χ2n) is 6.30. The molecule has 2 rings (SSSR count). The normalized spacial score (nSPS) is 11.9. The van der Waals surface area contributed by atoms with Gasteiger partial charge in [-0.25, -0.2) is 0 Å². The molecule has 0 fully saturated rings. The number of likely N-dealkylation sites (N-methyl/N-ethyl adjacent to an activating group) is 1. The van der Waals surface area contributed by atoms with Gasteiger partial charge in [0.2, 0.25) is 5.91 Å². The Balaban J connectivity index is 1.98. The summed E-state index contributed by atoms with van der Waals surface area (Å²) in [5.41, 5.74) is 1.97. The third kappa shape index (κ3) is 5.88. The van der Waals surface area contributed by atoms with Gasteiger partial charge in [0.05, 0.1) is 26.8 Å². The second kappa shape index (κ2) is 10.2. The SMILES string of the molecule is CCN(CC(=O)NC(C)c1ccccc1Cl)Cc1ccc(OC)c(OC)c1. The van der Waals surface area contributed by atoms with Crippen molar-refractivity contribution < 1.29 is 14.3 Å². The summed E-state index contributed by atoms with van der Waals surface area (Å²) in [4.78, 5) is 14.5. The number of carbonyl (C=O) groups is 1. The number of halogens is 1. The molecule has 1 atom stereocenters. The lowest BCUT2D eigenvalue weighted by atomic mass is 10.1. The highest BCUT2D eigenvalue weighted by Gasteiger charge is 2.15. The van der Waals surface area contributed by atoms with Crippen LogP contribution in [0.3, 0.4) is 0 Å². The molecule has 5 nitrogen and oxygen atoms in total. The van der Waals surface area contributed by atoms with Crippen LogP contribution in [0.25, 0.3) is 0 Å². The summed E-state index contributed by atoms with van der Waals surface area (Å²) in [5, 5.41) is 3.67. The van der Waals surface area contributed by atoms with Gasteiger partial charge in [0.25, 0.3) is 0 Å². The fourth-order valence-corrected chi connectivity index (χ4v) is 3.21. The van der Waals surface area contributed by atoms with Crippen LogP contribution in [0.4, 0.5) is 0 Å². The molecular weight excluding hydrogens is 364 g/mol. The number of amides is 1. The van der Waals surface area contributed by atoms with Crippen LogP contribution in [0.1, 0.15) is 31.0 Å². The minimum Gasteiger partial charge on any atom is -0.493 e. The highest BCUT2D eigenvalue weighted by Crippen LogP contribution is 2.28. The molecule has 0 heterocycles. The van der Waals surface area contributed by atoms with E-state index in [2.05, 4.69) is 10.2 Å². The van der Waals surface area contributed by atoms with Crippen molar-refractivity contribution in [2.75, 3.05) is 27.3 Å². The highest BCUT2D eigenvalue weighted by atomic mass is 35.5. The minimum atomic E-state index is -0.147. The van der Waals surface area contributed by atoms with Crippen LogP contribution in [0.5, 0.6) is 11.5 Å². The van der Waals surface area contributed by atoms with Crippen molar-refractivity contribution >= 4 is 17.5 Å². The first-order valence-electron chi connectivity index (χ1n) is 8.95. The lowest BCUT2D eigenvalue weighted by molar-refractivity contribution is -0.123. The van der Waals surface area contributed by atoms with Crippen molar-refractivity contribution in [1.82, 2.24) is 10.2 Å². The van der Waals surface area contributed by atoms with Crippen LogP contribution in [0.2, 0.25) is 5.02 Å². The molecule has 1 unspecified atom stereocenters. The molecule has 0 saturated heterocycles. The zero-order valence-electron chi connectivity index (χ0n) is 16.3. The number of rotatable bonds is 9. The van der Waals surface area contributed by atoms with Gasteiger partial charge in [-0.15, -0.1) is 0 Å². The Morgan fingerprint density at radius 2 is 1.85 bits per heavy atom. The first-order chi connectivity index (χ1) is 13.0. The number of methoxy groups -OCH3 is 2. The van der Waals surface area contributed by atoms with E-state index in [0.717, 1.165) is 17.7 Å². The summed E-state index contributed by atoms with van der Waals surface area (Å²) in [7, 11) is 3.23. The minimum absolute atomic E-state index is 0.0373. The first-order valence-corrected chi connectivity index (χ1v) is 9.33. The smallest absolute Gasteiger partial charge is 0.234 e. The zero-order chi connectivity index (χ0) is 19.8. The van der Waals surface area contributed by atoms with Crippen molar-refractivity contribution in [2.24, 2.45) is 0 Å². The van der Waals surface area contributed by atoms with E-state index in [1.807, 2.05) is 56.3 Å². The molecule has 1 amide bonds. The molecular formula is C21H27ClN2O3. The number of ether oxygens (including phenoxy) is 2. The summed E-state index contributed by atoms with van der Waals surface area (Å²) in [6.07, 6.45) is 0. The van der Waals surface area contributed by atoms with Crippen LogP contribution in [0, 0.1) is 0 Å². The molecule has 2 aromatic carbocycles. The third-order valence-corrected chi connectivity index (χ3v) is 4.76. The monoisotopic (exact) mass is 390 g/mol. The molecule has 0 spiro atoms. The lowest BCUT2D eigenvalue weighted by Gasteiger charge is -2.22. The van der Waals surface area contributed by atoms with Gasteiger partial charge in [-0.2, -0.15) is 0 Å². The predicted molar refractivity (Wildman–Crippen MR) is 109 cm³/mol. The van der Waals surface area contributed by atoms with Gasteiger partial charge >= 0.3 is 0 Å². The molecule has 0 aliphatic heterocycles. The predicted octanol–water partition coefficient (Wildman–Crippen LogP) is 4.06. The molecule has 146 valence electrons. The van der Waals surface area contributed by atoms with E-state index in [9.17, 15) is 4.79 Å². The van der Waals surface area contributed by atoms with Gasteiger partial charge in [0.1, 0.15) is 0 Å². The van der Waals surface area contributed by atoms with Crippen molar-refractivity contribution in [3.05, 3.63) is 58.6 Å². The van der Waals surface area contributed by atoms with Crippen LogP contribution >= 0.6 is 11.6 Å². The molecule has 0 aliphatic carbocycles. The van der Waals surface area contributed by atoms with E-state index in [1.54, 1.807) is 14.2 Å². The van der Waals surface area contributed by atoms with Crippen LogP contribution < -0.4 is 14.8 Å². The van der Waals surface area contributed by atoms with Crippen LogP contribution in [0.15, 0.2) is 42.5 Å². The Bertz CT molecular complexity index is 767. The van der Waals surface area contributed by atoms with Crippen molar-refractivity contribution in [3.8, 4) is 11.5 Å². The van der Waals surface area contributed by atoms with E-state index < -0.39 is 0 Å². The van der Waals surface area contributed by atoms with Crippen LogP contribution in [-0.4, -0.2) is 38.1 Å². The standard InChI is InChI=1S/C21H27ClN2O3/c1-5-24(13-16-10-11-19(26-3)20(12-16)27-4)14-21(25)23-15(2)17-8-6-7-9-18(17)22/h6-12,15H,5,13-14H2,1-4H3,(H,23,25). The number of hydrogen-bond donors (Lipinski definition) is 1. The summed E-state index contributed by atoms with van der Waals surface area (Å²) in [6, 6.07) is 13.2. The Morgan fingerprint density at radius 1 is 1.15 bits per heavy atom. The van der Waals surface area contributed by atoms with Crippen molar-refractivity contribution in [2.45, 2.75) is 26.4 Å². The van der Waals surface area contributed by atoms with Gasteiger partial charge in [-0.3, -0.25) is 9.69 Å². The van der Waals surface area contributed by atoms with Gasteiger partial charge in [0.15, 0.2) is 11.5 Å². The summed E-state index contributed by atoms with van der Waals surface area (Å²) in [5.74, 6) is 1.34. The molecule has 0 saturated carbocycles. The highest BCUT2D eigenvalue weighted by molar-refractivity contribution is 6.31. The maximum Gasteiger partial charge on any atom is 0.234 e. The fourth-order valence-electron chi connectivity index (χ4n) is 2.91. The average Bonchev–Trinajstić information content (AvgIpc) is 2.67. The quantitative estimate of drug-likeness (QED) is 0.701. The lowest BCUT2D eigenvalue weighted by Crippen LogP contribution is -2.38. The summed E-state index contributed by atoms with van der Waals surface area (Å²) in [6.45, 7) is 5.67.